The minimum absolute atomic E-state index is 0.115. The molecule has 16 heavy (non-hydrogen) atoms. The Morgan fingerprint density at radius 1 is 1.50 bits per heavy atom. The van der Waals surface area contributed by atoms with Crippen molar-refractivity contribution in [3.63, 3.8) is 0 Å². The summed E-state index contributed by atoms with van der Waals surface area (Å²) < 4.78 is 0. The molecule has 1 aliphatic carbocycles. The third-order valence-electron chi connectivity index (χ3n) is 3.40. The van der Waals surface area contributed by atoms with E-state index in [9.17, 15) is 4.79 Å². The predicted molar refractivity (Wildman–Crippen MR) is 64.4 cm³/mol. The first kappa shape index (κ1) is 11.7. The molecule has 92 valence electrons. The van der Waals surface area contributed by atoms with Crippen molar-refractivity contribution in [2.75, 3.05) is 26.2 Å². The standard InChI is InChI=1S/C12H23N3O/c1-10(2)8-13-11(16)15-7-3-6-14-12(9-15)4-5-12/h10,14H,3-9H2,1-2H3,(H,13,16). The van der Waals surface area contributed by atoms with Crippen LogP contribution in [-0.4, -0.2) is 42.6 Å². The summed E-state index contributed by atoms with van der Waals surface area (Å²) >= 11 is 0. The molecule has 0 aromatic rings. The van der Waals surface area contributed by atoms with Gasteiger partial charge in [-0.1, -0.05) is 13.8 Å². The lowest BCUT2D eigenvalue weighted by Gasteiger charge is -2.25. The molecule has 0 bridgehead atoms. The Kier molecular flexibility index (Phi) is 3.38. The van der Waals surface area contributed by atoms with Gasteiger partial charge in [0.25, 0.3) is 0 Å². The summed E-state index contributed by atoms with van der Waals surface area (Å²) in [6.07, 6.45) is 3.51. The van der Waals surface area contributed by atoms with Gasteiger partial charge in [-0.25, -0.2) is 4.79 Å². The topological polar surface area (TPSA) is 44.4 Å². The molecule has 0 unspecified atom stereocenters. The quantitative estimate of drug-likeness (QED) is 0.741. The van der Waals surface area contributed by atoms with Crippen LogP contribution in [0.1, 0.15) is 33.1 Å². The second-order valence-electron chi connectivity index (χ2n) is 5.56. The largest absolute Gasteiger partial charge is 0.338 e. The second kappa shape index (κ2) is 4.62. The summed E-state index contributed by atoms with van der Waals surface area (Å²) in [5, 5.41) is 6.56. The van der Waals surface area contributed by atoms with Crippen molar-refractivity contribution in [2.45, 2.75) is 38.6 Å². The van der Waals surface area contributed by atoms with Crippen molar-refractivity contribution < 1.29 is 4.79 Å². The van der Waals surface area contributed by atoms with Crippen LogP contribution in [0.15, 0.2) is 0 Å². The van der Waals surface area contributed by atoms with Crippen LogP contribution in [0.4, 0.5) is 4.79 Å². The van der Waals surface area contributed by atoms with Gasteiger partial charge in [0.1, 0.15) is 0 Å². The molecule has 0 radical (unpaired) electrons. The molecule has 2 amide bonds. The van der Waals surface area contributed by atoms with Crippen molar-refractivity contribution in [2.24, 2.45) is 5.92 Å². The van der Waals surface area contributed by atoms with Gasteiger partial charge in [0, 0.05) is 25.2 Å². The Bertz CT molecular complexity index is 261. The van der Waals surface area contributed by atoms with E-state index in [-0.39, 0.29) is 11.6 Å². The predicted octanol–water partition coefficient (Wildman–Crippen LogP) is 1.18. The number of nitrogens with one attached hydrogen (secondary N) is 2. The zero-order valence-electron chi connectivity index (χ0n) is 10.4. The molecule has 0 aromatic heterocycles. The van der Waals surface area contributed by atoms with Crippen LogP contribution in [-0.2, 0) is 0 Å². The zero-order chi connectivity index (χ0) is 11.6. The molecule has 1 saturated carbocycles. The third-order valence-corrected chi connectivity index (χ3v) is 3.40. The van der Waals surface area contributed by atoms with Crippen molar-refractivity contribution in [3.8, 4) is 0 Å². The monoisotopic (exact) mass is 225 g/mol. The number of carbonyl (C=O) groups is 1. The molecule has 2 N–H and O–H groups in total. The van der Waals surface area contributed by atoms with Gasteiger partial charge >= 0.3 is 6.03 Å². The number of amides is 2. The van der Waals surface area contributed by atoms with Crippen LogP contribution in [0.3, 0.4) is 0 Å². The van der Waals surface area contributed by atoms with E-state index in [0.29, 0.717) is 5.92 Å². The van der Waals surface area contributed by atoms with Gasteiger partial charge in [0.2, 0.25) is 0 Å². The van der Waals surface area contributed by atoms with E-state index >= 15 is 0 Å². The summed E-state index contributed by atoms with van der Waals surface area (Å²) in [6.45, 7) is 7.83. The summed E-state index contributed by atoms with van der Waals surface area (Å²) in [5.74, 6) is 0.518. The first-order valence-electron chi connectivity index (χ1n) is 6.39. The Balaban J connectivity index is 1.84. The molecular weight excluding hydrogens is 202 g/mol. The minimum Gasteiger partial charge on any atom is -0.338 e. The first-order valence-corrected chi connectivity index (χ1v) is 6.39. The van der Waals surface area contributed by atoms with Crippen LogP contribution in [0.2, 0.25) is 0 Å². The van der Waals surface area contributed by atoms with Gasteiger partial charge in [-0.05, 0) is 31.7 Å². The molecule has 2 rings (SSSR count). The highest BCUT2D eigenvalue weighted by Gasteiger charge is 2.45. The van der Waals surface area contributed by atoms with Crippen LogP contribution in [0, 0.1) is 5.92 Å². The second-order valence-corrected chi connectivity index (χ2v) is 5.56. The highest BCUT2D eigenvalue weighted by atomic mass is 16.2. The number of hydrogen-bond donors (Lipinski definition) is 2. The van der Waals surface area contributed by atoms with Crippen molar-refractivity contribution in [1.82, 2.24) is 15.5 Å². The highest BCUT2D eigenvalue weighted by molar-refractivity contribution is 5.74. The lowest BCUT2D eigenvalue weighted by molar-refractivity contribution is 0.194. The van der Waals surface area contributed by atoms with Crippen molar-refractivity contribution >= 4 is 6.03 Å². The number of hydrogen-bond acceptors (Lipinski definition) is 2. The van der Waals surface area contributed by atoms with E-state index in [0.717, 1.165) is 32.6 Å². The molecule has 1 heterocycles. The molecular formula is C12H23N3O. The van der Waals surface area contributed by atoms with Gasteiger partial charge in [-0.3, -0.25) is 0 Å². The Hall–Kier alpha value is -0.770. The summed E-state index contributed by atoms with van der Waals surface area (Å²) in [5.41, 5.74) is 0.270. The Morgan fingerprint density at radius 3 is 2.88 bits per heavy atom. The highest BCUT2D eigenvalue weighted by Crippen LogP contribution is 2.37. The van der Waals surface area contributed by atoms with Gasteiger partial charge in [-0.15, -0.1) is 0 Å². The van der Waals surface area contributed by atoms with E-state index in [1.54, 1.807) is 0 Å². The SMILES string of the molecule is CC(C)CNC(=O)N1CCCNC2(CC2)C1. The molecule has 0 aromatic carbocycles. The summed E-state index contributed by atoms with van der Waals surface area (Å²) in [7, 11) is 0. The molecule has 0 atom stereocenters. The van der Waals surface area contributed by atoms with Crippen LogP contribution < -0.4 is 10.6 Å². The van der Waals surface area contributed by atoms with Crippen molar-refractivity contribution in [3.05, 3.63) is 0 Å². The average molecular weight is 225 g/mol. The molecule has 1 spiro atoms. The third kappa shape index (κ3) is 2.88. The van der Waals surface area contributed by atoms with Crippen LogP contribution in [0.5, 0.6) is 0 Å². The van der Waals surface area contributed by atoms with E-state index in [4.69, 9.17) is 0 Å². The first-order chi connectivity index (χ1) is 7.61. The molecule has 2 fully saturated rings. The normalized spacial score (nSPS) is 23.3. The fourth-order valence-electron chi connectivity index (χ4n) is 2.19. The fourth-order valence-corrected chi connectivity index (χ4v) is 2.19. The van der Waals surface area contributed by atoms with E-state index in [1.807, 2.05) is 4.90 Å². The lowest BCUT2D eigenvalue weighted by Crippen LogP contribution is -2.47. The maximum atomic E-state index is 12.0. The molecule has 1 saturated heterocycles. The zero-order valence-corrected chi connectivity index (χ0v) is 10.4. The maximum absolute atomic E-state index is 12.0. The van der Waals surface area contributed by atoms with Gasteiger partial charge < -0.3 is 15.5 Å². The summed E-state index contributed by atoms with van der Waals surface area (Å²) in [4.78, 5) is 13.9. The smallest absolute Gasteiger partial charge is 0.317 e. The molecule has 2 aliphatic rings. The van der Waals surface area contributed by atoms with Crippen molar-refractivity contribution in [1.29, 1.82) is 0 Å². The molecule has 1 aliphatic heterocycles. The Labute approximate surface area is 97.8 Å². The average Bonchev–Trinajstić information content (AvgIpc) is 3.03. The fraction of sp³-hybridized carbons (Fsp3) is 0.917. The number of rotatable bonds is 2. The maximum Gasteiger partial charge on any atom is 0.317 e. The Morgan fingerprint density at radius 2 is 2.25 bits per heavy atom. The lowest BCUT2D eigenvalue weighted by atomic mass is 10.2. The number of nitrogens with zero attached hydrogens (tertiary/aromatic N) is 1. The molecule has 4 nitrogen and oxygen atoms in total. The van der Waals surface area contributed by atoms with E-state index < -0.39 is 0 Å². The van der Waals surface area contributed by atoms with Crippen LogP contribution in [0.25, 0.3) is 0 Å². The van der Waals surface area contributed by atoms with Crippen LogP contribution >= 0.6 is 0 Å². The number of urea groups is 1. The minimum atomic E-state index is 0.115. The number of carbonyl (C=O) groups excluding carboxylic acids is 1. The summed E-state index contributed by atoms with van der Waals surface area (Å²) in [6, 6.07) is 0.115. The van der Waals surface area contributed by atoms with E-state index in [1.165, 1.54) is 12.8 Å². The van der Waals surface area contributed by atoms with Gasteiger partial charge in [0.05, 0.1) is 0 Å². The molecule has 4 heteroatoms. The van der Waals surface area contributed by atoms with E-state index in [2.05, 4.69) is 24.5 Å². The van der Waals surface area contributed by atoms with Gasteiger partial charge in [-0.2, -0.15) is 0 Å². The van der Waals surface area contributed by atoms with Gasteiger partial charge in [0.15, 0.2) is 0 Å².